The van der Waals surface area contributed by atoms with E-state index < -0.39 is 23.4 Å². The molecule has 0 saturated carbocycles. The number of nitro groups is 1. The molecule has 0 aliphatic carbocycles. The van der Waals surface area contributed by atoms with E-state index in [2.05, 4.69) is 21.2 Å². The first-order valence-electron chi connectivity index (χ1n) is 8.78. The van der Waals surface area contributed by atoms with Gasteiger partial charge in [0.1, 0.15) is 0 Å². The predicted molar refractivity (Wildman–Crippen MR) is 109 cm³/mol. The van der Waals surface area contributed by atoms with E-state index in [0.717, 1.165) is 4.47 Å². The number of anilines is 2. The molecule has 1 amide bonds. The normalized spacial score (nSPS) is 13.6. The van der Waals surface area contributed by atoms with Gasteiger partial charge >= 0.3 is 5.97 Å². The van der Waals surface area contributed by atoms with E-state index in [1.54, 1.807) is 18.2 Å². The average Bonchev–Trinajstić information content (AvgIpc) is 2.72. The Hall–Kier alpha value is -2.98. The Labute approximate surface area is 174 Å². The van der Waals surface area contributed by atoms with E-state index in [1.807, 2.05) is 11.0 Å². The topological polar surface area (TPSA) is 111 Å². The first kappa shape index (κ1) is 20.7. The van der Waals surface area contributed by atoms with Gasteiger partial charge in [0.25, 0.3) is 11.6 Å². The van der Waals surface area contributed by atoms with Crippen LogP contribution >= 0.6 is 15.9 Å². The molecule has 0 bridgehead atoms. The second kappa shape index (κ2) is 9.48. The lowest BCUT2D eigenvalue weighted by Gasteiger charge is -2.30. The molecule has 9 nitrogen and oxygen atoms in total. The molecule has 0 atom stereocenters. The fourth-order valence-corrected chi connectivity index (χ4v) is 3.25. The Morgan fingerprint density at radius 3 is 2.66 bits per heavy atom. The van der Waals surface area contributed by atoms with Crippen LogP contribution in [0.1, 0.15) is 10.4 Å². The zero-order valence-corrected chi connectivity index (χ0v) is 16.9. The summed E-state index contributed by atoms with van der Waals surface area (Å²) in [6.07, 6.45) is 0. The third-order valence-electron chi connectivity index (χ3n) is 4.21. The average molecular weight is 464 g/mol. The van der Waals surface area contributed by atoms with Crippen molar-refractivity contribution >= 4 is 44.9 Å². The van der Waals surface area contributed by atoms with Gasteiger partial charge in [-0.05, 0) is 24.3 Å². The molecule has 0 radical (unpaired) electrons. The van der Waals surface area contributed by atoms with Crippen molar-refractivity contribution in [1.29, 1.82) is 0 Å². The maximum atomic E-state index is 12.6. The number of esters is 1. The molecule has 2 aromatic rings. The van der Waals surface area contributed by atoms with E-state index >= 15 is 0 Å². The Morgan fingerprint density at radius 2 is 1.97 bits per heavy atom. The van der Waals surface area contributed by atoms with Crippen LogP contribution in [0.4, 0.5) is 17.1 Å². The van der Waals surface area contributed by atoms with Gasteiger partial charge < -0.3 is 19.7 Å². The fraction of sp³-hybridized carbons (Fsp3) is 0.263. The largest absolute Gasteiger partial charge is 0.452 e. The van der Waals surface area contributed by atoms with Gasteiger partial charge in [-0.25, -0.2) is 4.79 Å². The van der Waals surface area contributed by atoms with Crippen molar-refractivity contribution in [1.82, 2.24) is 0 Å². The molecule has 29 heavy (non-hydrogen) atoms. The number of non-ortho nitro benzene ring substituents is 1. The highest BCUT2D eigenvalue weighted by molar-refractivity contribution is 9.10. The lowest BCUT2D eigenvalue weighted by Crippen LogP contribution is -2.37. The number of nitrogens with one attached hydrogen (secondary N) is 1. The van der Waals surface area contributed by atoms with Crippen LogP contribution in [-0.2, 0) is 14.3 Å². The van der Waals surface area contributed by atoms with Crippen LogP contribution in [0.2, 0.25) is 0 Å². The molecular formula is C19H18BrN3O6. The van der Waals surface area contributed by atoms with Crippen molar-refractivity contribution < 1.29 is 24.0 Å². The zero-order chi connectivity index (χ0) is 20.8. The number of halogens is 1. The van der Waals surface area contributed by atoms with Crippen molar-refractivity contribution in [3.63, 3.8) is 0 Å². The minimum atomic E-state index is -0.806. The summed E-state index contributed by atoms with van der Waals surface area (Å²) in [7, 11) is 0. The highest BCUT2D eigenvalue weighted by Crippen LogP contribution is 2.27. The number of carbonyl (C=O) groups is 2. The van der Waals surface area contributed by atoms with Crippen LogP contribution < -0.4 is 10.2 Å². The van der Waals surface area contributed by atoms with Crippen LogP contribution in [0.3, 0.4) is 0 Å². The van der Waals surface area contributed by atoms with Gasteiger partial charge in [-0.3, -0.25) is 14.9 Å². The van der Waals surface area contributed by atoms with Crippen molar-refractivity contribution in [3.05, 3.63) is 62.6 Å². The van der Waals surface area contributed by atoms with Crippen molar-refractivity contribution in [2.75, 3.05) is 43.1 Å². The van der Waals surface area contributed by atoms with Gasteiger partial charge in [-0.2, -0.15) is 0 Å². The van der Waals surface area contributed by atoms with E-state index in [1.165, 1.54) is 18.2 Å². The van der Waals surface area contributed by atoms with E-state index in [0.29, 0.717) is 37.7 Å². The van der Waals surface area contributed by atoms with Gasteiger partial charge in [-0.1, -0.05) is 22.0 Å². The molecule has 1 saturated heterocycles. The Morgan fingerprint density at radius 1 is 1.21 bits per heavy atom. The lowest BCUT2D eigenvalue weighted by molar-refractivity contribution is -0.384. The monoisotopic (exact) mass is 463 g/mol. The van der Waals surface area contributed by atoms with Gasteiger partial charge in [0, 0.05) is 35.4 Å². The molecule has 0 spiro atoms. The number of hydrogen-bond acceptors (Lipinski definition) is 7. The van der Waals surface area contributed by atoms with Crippen molar-refractivity contribution in [2.24, 2.45) is 0 Å². The van der Waals surface area contributed by atoms with E-state index in [-0.39, 0.29) is 11.3 Å². The van der Waals surface area contributed by atoms with Crippen LogP contribution in [0, 0.1) is 10.1 Å². The molecule has 3 rings (SSSR count). The molecule has 2 aromatic carbocycles. The molecule has 0 unspecified atom stereocenters. The molecule has 0 aromatic heterocycles. The smallest absolute Gasteiger partial charge is 0.341 e. The van der Waals surface area contributed by atoms with Crippen LogP contribution in [0.25, 0.3) is 0 Å². The fourth-order valence-electron chi connectivity index (χ4n) is 2.85. The zero-order valence-electron chi connectivity index (χ0n) is 15.3. The third-order valence-corrected chi connectivity index (χ3v) is 4.70. The van der Waals surface area contributed by atoms with Crippen molar-refractivity contribution in [3.8, 4) is 0 Å². The lowest BCUT2D eigenvalue weighted by atomic mass is 10.1. The Kier molecular flexibility index (Phi) is 6.78. The molecule has 10 heteroatoms. The van der Waals surface area contributed by atoms with E-state index in [9.17, 15) is 19.7 Å². The van der Waals surface area contributed by atoms with Gasteiger partial charge in [0.15, 0.2) is 6.61 Å². The molecule has 1 heterocycles. The number of rotatable bonds is 6. The maximum Gasteiger partial charge on any atom is 0.341 e. The first-order valence-corrected chi connectivity index (χ1v) is 9.57. The summed E-state index contributed by atoms with van der Waals surface area (Å²) >= 11 is 3.30. The standard InChI is InChI=1S/C19H18BrN3O6/c20-13-2-1-3-14(10-13)21-18(24)12-29-19(25)16-11-15(23(26)27)4-5-17(16)22-6-8-28-9-7-22/h1-5,10-11H,6-9,12H2,(H,21,24). The number of amides is 1. The second-order valence-corrected chi connectivity index (χ2v) is 7.11. The summed E-state index contributed by atoms with van der Waals surface area (Å²) in [5.41, 5.74) is 0.866. The Bertz CT molecular complexity index is 930. The molecule has 152 valence electrons. The maximum absolute atomic E-state index is 12.6. The molecule has 1 N–H and O–H groups in total. The molecule has 1 aliphatic rings. The molecule has 1 fully saturated rings. The van der Waals surface area contributed by atoms with Crippen LogP contribution in [0.5, 0.6) is 0 Å². The summed E-state index contributed by atoms with van der Waals surface area (Å²) in [5.74, 6) is -1.32. The van der Waals surface area contributed by atoms with Crippen molar-refractivity contribution in [2.45, 2.75) is 0 Å². The summed E-state index contributed by atoms with van der Waals surface area (Å²) in [6, 6.07) is 11.0. The van der Waals surface area contributed by atoms with Crippen LogP contribution in [-0.4, -0.2) is 49.7 Å². The SMILES string of the molecule is O=C(COC(=O)c1cc([N+](=O)[O-])ccc1N1CCOCC1)Nc1cccc(Br)c1. The highest BCUT2D eigenvalue weighted by atomic mass is 79.9. The number of morpholine rings is 1. The molecular weight excluding hydrogens is 446 g/mol. The summed E-state index contributed by atoms with van der Waals surface area (Å²) in [5, 5.41) is 13.7. The summed E-state index contributed by atoms with van der Waals surface area (Å²) in [4.78, 5) is 37.1. The quantitative estimate of drug-likeness (QED) is 0.398. The first-order chi connectivity index (χ1) is 13.9. The summed E-state index contributed by atoms with van der Waals surface area (Å²) < 4.78 is 11.2. The van der Waals surface area contributed by atoms with Gasteiger partial charge in [0.2, 0.25) is 0 Å². The van der Waals surface area contributed by atoms with Gasteiger partial charge in [-0.15, -0.1) is 0 Å². The number of benzene rings is 2. The summed E-state index contributed by atoms with van der Waals surface area (Å²) in [6.45, 7) is 1.54. The molecule has 1 aliphatic heterocycles. The number of ether oxygens (including phenoxy) is 2. The van der Waals surface area contributed by atoms with Crippen LogP contribution in [0.15, 0.2) is 46.9 Å². The second-order valence-electron chi connectivity index (χ2n) is 6.19. The highest BCUT2D eigenvalue weighted by Gasteiger charge is 2.23. The predicted octanol–water partition coefficient (Wildman–Crippen LogP) is 2.99. The Balaban J connectivity index is 1.71. The van der Waals surface area contributed by atoms with E-state index in [4.69, 9.17) is 9.47 Å². The minimum Gasteiger partial charge on any atom is -0.452 e. The number of nitrogens with zero attached hydrogens (tertiary/aromatic N) is 2. The van der Waals surface area contributed by atoms with Gasteiger partial charge in [0.05, 0.1) is 29.4 Å². The number of hydrogen-bond donors (Lipinski definition) is 1. The minimum absolute atomic E-state index is 0.0383. The third kappa shape index (κ3) is 5.52. The number of nitro benzene ring substituents is 1. The number of carbonyl (C=O) groups excluding carboxylic acids is 2.